The third kappa shape index (κ3) is 3.77. The van der Waals surface area contributed by atoms with Crippen LogP contribution in [-0.2, 0) is 20.1 Å². The van der Waals surface area contributed by atoms with Crippen molar-refractivity contribution >= 4 is 0 Å². The van der Waals surface area contributed by atoms with Crippen LogP contribution in [0.2, 0.25) is 0 Å². The fraction of sp³-hybridized carbons (Fsp3) is 0.357. The van der Waals surface area contributed by atoms with Crippen molar-refractivity contribution in [1.82, 2.24) is 15.1 Å². The Hall–Kier alpha value is -1.95. The van der Waals surface area contributed by atoms with Crippen LogP contribution in [0.3, 0.4) is 0 Å². The minimum atomic E-state index is -2.81. The summed E-state index contributed by atoms with van der Waals surface area (Å²) in [5.41, 5.74) is 2.74. The summed E-state index contributed by atoms with van der Waals surface area (Å²) in [6.07, 6.45) is 1.93. The van der Waals surface area contributed by atoms with Crippen molar-refractivity contribution in [2.75, 3.05) is 0 Å². The van der Waals surface area contributed by atoms with Gasteiger partial charge in [0.2, 0.25) is 0 Å². The smallest absolute Gasteiger partial charge is 0.387 e. The highest BCUT2D eigenvalue weighted by Crippen LogP contribution is 2.20. The number of rotatable bonds is 6. The molecule has 20 heavy (non-hydrogen) atoms. The molecule has 0 aliphatic carbocycles. The van der Waals surface area contributed by atoms with Gasteiger partial charge in [0.1, 0.15) is 5.75 Å². The molecule has 0 aliphatic rings. The lowest BCUT2D eigenvalue weighted by Crippen LogP contribution is -2.14. The first-order valence-corrected chi connectivity index (χ1v) is 6.29. The molecule has 0 saturated carbocycles. The number of aromatic nitrogens is 2. The Kier molecular flexibility index (Phi) is 4.68. The van der Waals surface area contributed by atoms with Gasteiger partial charge in [-0.15, -0.1) is 0 Å². The molecule has 6 heteroatoms. The van der Waals surface area contributed by atoms with E-state index >= 15 is 0 Å². The molecule has 1 N–H and O–H groups in total. The first-order chi connectivity index (χ1) is 9.56. The zero-order valence-electron chi connectivity index (χ0n) is 11.4. The maximum absolute atomic E-state index is 12.3. The molecular formula is C14H17F2N3O. The van der Waals surface area contributed by atoms with Crippen molar-refractivity contribution in [1.29, 1.82) is 0 Å². The monoisotopic (exact) mass is 281 g/mol. The Labute approximate surface area is 116 Å². The van der Waals surface area contributed by atoms with Crippen LogP contribution in [0, 0.1) is 6.92 Å². The van der Waals surface area contributed by atoms with Gasteiger partial charge >= 0.3 is 6.61 Å². The van der Waals surface area contributed by atoms with Gasteiger partial charge in [0.05, 0.1) is 5.69 Å². The summed E-state index contributed by atoms with van der Waals surface area (Å²) >= 11 is 0. The molecule has 2 rings (SSSR count). The molecular weight excluding hydrogens is 264 g/mol. The average Bonchev–Trinajstić information content (AvgIpc) is 2.69. The maximum atomic E-state index is 12.3. The largest absolute Gasteiger partial charge is 0.434 e. The average molecular weight is 281 g/mol. The van der Waals surface area contributed by atoms with Crippen LogP contribution in [0.25, 0.3) is 0 Å². The Morgan fingerprint density at radius 1 is 1.25 bits per heavy atom. The van der Waals surface area contributed by atoms with Crippen molar-refractivity contribution < 1.29 is 13.5 Å². The second kappa shape index (κ2) is 6.47. The standard InChI is InChI=1S/C14H17F2N3O/c1-10-12(9-19(2)18-10)8-17-7-11-5-3-4-6-13(11)20-14(15)16/h3-6,9,14,17H,7-8H2,1-2H3. The summed E-state index contributed by atoms with van der Waals surface area (Å²) in [5.74, 6) is 0.206. The number of halogens is 2. The van der Waals surface area contributed by atoms with E-state index < -0.39 is 6.61 Å². The van der Waals surface area contributed by atoms with Crippen molar-refractivity contribution in [2.45, 2.75) is 26.6 Å². The van der Waals surface area contributed by atoms with Crippen molar-refractivity contribution in [3.63, 3.8) is 0 Å². The highest BCUT2D eigenvalue weighted by atomic mass is 19.3. The number of alkyl halides is 2. The Bertz CT molecular complexity index is 569. The molecule has 2 aromatic rings. The maximum Gasteiger partial charge on any atom is 0.387 e. The second-order valence-corrected chi connectivity index (χ2v) is 4.50. The minimum Gasteiger partial charge on any atom is -0.434 e. The molecule has 0 saturated heterocycles. The zero-order chi connectivity index (χ0) is 14.5. The van der Waals surface area contributed by atoms with E-state index in [9.17, 15) is 8.78 Å². The van der Waals surface area contributed by atoms with Crippen LogP contribution >= 0.6 is 0 Å². The number of benzene rings is 1. The molecule has 4 nitrogen and oxygen atoms in total. The summed E-state index contributed by atoms with van der Waals surface area (Å²) < 4.78 is 30.8. The molecule has 0 spiro atoms. The van der Waals surface area contributed by atoms with E-state index in [1.54, 1.807) is 28.9 Å². The quantitative estimate of drug-likeness (QED) is 0.884. The van der Waals surface area contributed by atoms with Gasteiger partial charge in [0.15, 0.2) is 0 Å². The van der Waals surface area contributed by atoms with E-state index in [2.05, 4.69) is 15.2 Å². The van der Waals surface area contributed by atoms with E-state index in [1.807, 2.05) is 20.2 Å². The van der Waals surface area contributed by atoms with E-state index in [0.717, 1.165) is 11.3 Å². The summed E-state index contributed by atoms with van der Waals surface area (Å²) in [6.45, 7) is 0.210. The number of nitrogens with zero attached hydrogens (tertiary/aromatic N) is 2. The van der Waals surface area contributed by atoms with E-state index in [0.29, 0.717) is 18.7 Å². The van der Waals surface area contributed by atoms with Crippen molar-refractivity contribution in [3.05, 3.63) is 47.3 Å². The van der Waals surface area contributed by atoms with Gasteiger partial charge in [-0.05, 0) is 13.0 Å². The van der Waals surface area contributed by atoms with E-state index in [4.69, 9.17) is 0 Å². The predicted octanol–water partition coefficient (Wildman–Crippen LogP) is 2.62. The molecule has 0 radical (unpaired) electrons. The van der Waals surface area contributed by atoms with Crippen LogP contribution in [0.1, 0.15) is 16.8 Å². The van der Waals surface area contributed by atoms with E-state index in [1.165, 1.54) is 0 Å². The molecule has 0 atom stereocenters. The molecule has 0 amide bonds. The van der Waals surface area contributed by atoms with E-state index in [-0.39, 0.29) is 5.75 Å². The summed E-state index contributed by atoms with van der Waals surface area (Å²) in [7, 11) is 1.86. The molecule has 1 aromatic carbocycles. The lowest BCUT2D eigenvalue weighted by atomic mass is 10.2. The van der Waals surface area contributed by atoms with Crippen LogP contribution in [0.5, 0.6) is 5.75 Å². The van der Waals surface area contributed by atoms with Gasteiger partial charge in [-0.3, -0.25) is 4.68 Å². The lowest BCUT2D eigenvalue weighted by Gasteiger charge is -2.11. The van der Waals surface area contributed by atoms with Gasteiger partial charge in [0, 0.05) is 37.5 Å². The van der Waals surface area contributed by atoms with Crippen LogP contribution in [0.4, 0.5) is 8.78 Å². The first-order valence-electron chi connectivity index (χ1n) is 6.29. The topological polar surface area (TPSA) is 39.1 Å². The number of hydrogen-bond donors (Lipinski definition) is 1. The summed E-state index contributed by atoms with van der Waals surface area (Å²) in [4.78, 5) is 0. The number of ether oxygens (including phenoxy) is 1. The van der Waals surface area contributed by atoms with Crippen LogP contribution in [0.15, 0.2) is 30.5 Å². The highest BCUT2D eigenvalue weighted by molar-refractivity contribution is 5.33. The highest BCUT2D eigenvalue weighted by Gasteiger charge is 2.09. The van der Waals surface area contributed by atoms with Gasteiger partial charge < -0.3 is 10.1 Å². The summed E-state index contributed by atoms with van der Waals surface area (Å²) in [5, 5.41) is 7.45. The van der Waals surface area contributed by atoms with Gasteiger partial charge in [-0.1, -0.05) is 18.2 Å². The SMILES string of the molecule is Cc1nn(C)cc1CNCc1ccccc1OC(F)F. The lowest BCUT2D eigenvalue weighted by molar-refractivity contribution is -0.0505. The van der Waals surface area contributed by atoms with Crippen LogP contribution < -0.4 is 10.1 Å². The molecule has 108 valence electrons. The third-order valence-corrected chi connectivity index (χ3v) is 2.93. The van der Waals surface area contributed by atoms with Crippen molar-refractivity contribution in [2.24, 2.45) is 7.05 Å². The molecule has 1 aromatic heterocycles. The zero-order valence-corrected chi connectivity index (χ0v) is 11.4. The third-order valence-electron chi connectivity index (χ3n) is 2.93. The minimum absolute atomic E-state index is 0.206. The number of para-hydroxylation sites is 1. The van der Waals surface area contributed by atoms with Gasteiger partial charge in [-0.2, -0.15) is 13.9 Å². The predicted molar refractivity (Wildman–Crippen MR) is 71.6 cm³/mol. The Morgan fingerprint density at radius 3 is 2.60 bits per heavy atom. The first kappa shape index (κ1) is 14.5. The molecule has 0 aliphatic heterocycles. The summed E-state index contributed by atoms with van der Waals surface area (Å²) in [6, 6.07) is 6.77. The van der Waals surface area contributed by atoms with Gasteiger partial charge in [-0.25, -0.2) is 0 Å². The number of hydrogen-bond acceptors (Lipinski definition) is 3. The Morgan fingerprint density at radius 2 is 1.95 bits per heavy atom. The molecule has 0 unspecified atom stereocenters. The fourth-order valence-corrected chi connectivity index (χ4v) is 2.01. The Balaban J connectivity index is 1.95. The van der Waals surface area contributed by atoms with Gasteiger partial charge in [0.25, 0.3) is 0 Å². The normalized spacial score (nSPS) is 11.1. The van der Waals surface area contributed by atoms with Crippen LogP contribution in [-0.4, -0.2) is 16.4 Å². The molecule has 1 heterocycles. The van der Waals surface area contributed by atoms with Crippen molar-refractivity contribution in [3.8, 4) is 5.75 Å². The second-order valence-electron chi connectivity index (χ2n) is 4.50. The molecule has 0 fully saturated rings. The molecule has 0 bridgehead atoms. The number of nitrogens with one attached hydrogen (secondary N) is 1. The fourth-order valence-electron chi connectivity index (χ4n) is 2.01. The number of aryl methyl sites for hydroxylation is 2.